The number of benzene rings is 2. The Morgan fingerprint density at radius 1 is 0.950 bits per heavy atom. The van der Waals surface area contributed by atoms with Crippen LogP contribution in [0, 0.1) is 0 Å². The molecule has 2 rings (SSSR count). The van der Waals surface area contributed by atoms with Crippen molar-refractivity contribution in [2.75, 3.05) is 11.9 Å². The van der Waals surface area contributed by atoms with Crippen molar-refractivity contribution < 1.29 is 8.78 Å². The maximum Gasteiger partial charge on any atom is 0.290 e. The molecule has 20 heavy (non-hydrogen) atoms. The fourth-order valence-electron chi connectivity index (χ4n) is 2.17. The van der Waals surface area contributed by atoms with Crippen molar-refractivity contribution >= 4 is 5.69 Å². The topological polar surface area (TPSA) is 12.0 Å². The Labute approximate surface area is 118 Å². The van der Waals surface area contributed by atoms with E-state index in [0.717, 1.165) is 24.1 Å². The SMILES string of the molecule is CCCc1ccccc1NCC(F)(F)c1ccccc1. The highest BCUT2D eigenvalue weighted by molar-refractivity contribution is 5.51. The number of aryl methyl sites for hydroxylation is 1. The van der Waals surface area contributed by atoms with E-state index >= 15 is 0 Å². The second-order valence-corrected chi connectivity index (χ2v) is 4.83. The summed E-state index contributed by atoms with van der Waals surface area (Å²) in [5.74, 6) is -2.87. The van der Waals surface area contributed by atoms with E-state index < -0.39 is 12.5 Å². The Morgan fingerprint density at radius 2 is 1.60 bits per heavy atom. The first-order chi connectivity index (χ1) is 9.63. The van der Waals surface area contributed by atoms with Crippen LogP contribution in [0.4, 0.5) is 14.5 Å². The summed E-state index contributed by atoms with van der Waals surface area (Å²) in [5, 5.41) is 2.89. The number of halogens is 2. The van der Waals surface area contributed by atoms with Crippen LogP contribution >= 0.6 is 0 Å². The number of nitrogens with one attached hydrogen (secondary N) is 1. The van der Waals surface area contributed by atoms with Crippen LogP contribution in [-0.2, 0) is 12.3 Å². The molecule has 0 bridgehead atoms. The highest BCUT2D eigenvalue weighted by Crippen LogP contribution is 2.28. The highest BCUT2D eigenvalue weighted by atomic mass is 19.3. The predicted molar refractivity (Wildman–Crippen MR) is 79.3 cm³/mol. The molecule has 0 radical (unpaired) electrons. The van der Waals surface area contributed by atoms with Gasteiger partial charge in [-0.2, -0.15) is 8.78 Å². The van der Waals surface area contributed by atoms with Crippen molar-refractivity contribution in [1.29, 1.82) is 0 Å². The van der Waals surface area contributed by atoms with Gasteiger partial charge in [-0.3, -0.25) is 0 Å². The zero-order chi connectivity index (χ0) is 14.4. The highest BCUT2D eigenvalue weighted by Gasteiger charge is 2.30. The van der Waals surface area contributed by atoms with Crippen molar-refractivity contribution in [3.63, 3.8) is 0 Å². The molecule has 0 saturated heterocycles. The van der Waals surface area contributed by atoms with Gasteiger partial charge in [0.15, 0.2) is 0 Å². The summed E-state index contributed by atoms with van der Waals surface area (Å²) in [5.41, 5.74) is 1.92. The molecule has 1 nitrogen and oxygen atoms in total. The number of para-hydroxylation sites is 1. The molecule has 0 aliphatic carbocycles. The van der Waals surface area contributed by atoms with Gasteiger partial charge in [0.2, 0.25) is 0 Å². The lowest BCUT2D eigenvalue weighted by Gasteiger charge is -2.19. The summed E-state index contributed by atoms with van der Waals surface area (Å²) >= 11 is 0. The Kier molecular flexibility index (Phi) is 4.72. The summed E-state index contributed by atoms with van der Waals surface area (Å²) < 4.78 is 28.2. The van der Waals surface area contributed by atoms with Crippen LogP contribution in [0.15, 0.2) is 54.6 Å². The molecule has 0 aromatic heterocycles. The molecule has 0 atom stereocenters. The molecule has 0 spiro atoms. The molecule has 106 valence electrons. The van der Waals surface area contributed by atoms with Crippen LogP contribution in [0.2, 0.25) is 0 Å². The molecule has 2 aromatic rings. The third kappa shape index (κ3) is 3.56. The number of hydrogen-bond donors (Lipinski definition) is 1. The third-order valence-corrected chi connectivity index (χ3v) is 3.23. The minimum Gasteiger partial charge on any atom is -0.378 e. The molecule has 0 heterocycles. The third-order valence-electron chi connectivity index (χ3n) is 3.23. The van der Waals surface area contributed by atoms with Gasteiger partial charge < -0.3 is 5.32 Å². The van der Waals surface area contributed by atoms with E-state index in [-0.39, 0.29) is 5.56 Å². The molecule has 0 unspecified atom stereocenters. The molecule has 0 aliphatic heterocycles. The minimum atomic E-state index is -2.87. The molecule has 2 aromatic carbocycles. The van der Waals surface area contributed by atoms with E-state index in [2.05, 4.69) is 12.2 Å². The largest absolute Gasteiger partial charge is 0.378 e. The van der Waals surface area contributed by atoms with Gasteiger partial charge in [-0.05, 0) is 18.1 Å². The second kappa shape index (κ2) is 6.51. The number of hydrogen-bond acceptors (Lipinski definition) is 1. The average Bonchev–Trinajstić information content (AvgIpc) is 2.48. The second-order valence-electron chi connectivity index (χ2n) is 4.83. The van der Waals surface area contributed by atoms with Crippen molar-refractivity contribution in [3.8, 4) is 0 Å². The lowest BCUT2D eigenvalue weighted by Crippen LogP contribution is -2.25. The van der Waals surface area contributed by atoms with Gasteiger partial charge >= 0.3 is 0 Å². The molecular formula is C17H19F2N. The van der Waals surface area contributed by atoms with Gasteiger partial charge in [0.05, 0.1) is 6.54 Å². The summed E-state index contributed by atoms with van der Waals surface area (Å²) in [6, 6.07) is 15.6. The molecule has 1 N–H and O–H groups in total. The number of rotatable bonds is 6. The Hall–Kier alpha value is -1.90. The molecule has 0 fully saturated rings. The van der Waals surface area contributed by atoms with Crippen molar-refractivity contribution in [1.82, 2.24) is 0 Å². The minimum absolute atomic E-state index is 0.0421. The average molecular weight is 275 g/mol. The first-order valence-electron chi connectivity index (χ1n) is 6.88. The van der Waals surface area contributed by atoms with Gasteiger partial charge in [-0.15, -0.1) is 0 Å². The molecule has 3 heteroatoms. The maximum absolute atomic E-state index is 14.1. The number of anilines is 1. The van der Waals surface area contributed by atoms with Crippen LogP contribution in [0.1, 0.15) is 24.5 Å². The molecule has 0 saturated carbocycles. The Balaban J connectivity index is 2.08. The predicted octanol–water partition coefficient (Wildman–Crippen LogP) is 4.84. The van der Waals surface area contributed by atoms with Crippen LogP contribution in [0.5, 0.6) is 0 Å². The quantitative estimate of drug-likeness (QED) is 0.795. The van der Waals surface area contributed by atoms with Crippen LogP contribution < -0.4 is 5.32 Å². The van der Waals surface area contributed by atoms with Gasteiger partial charge in [0, 0.05) is 11.3 Å². The normalized spacial score (nSPS) is 11.3. The fraction of sp³-hybridized carbons (Fsp3) is 0.294. The Bertz CT molecular complexity index is 538. The van der Waals surface area contributed by atoms with E-state index in [1.807, 2.05) is 24.3 Å². The van der Waals surface area contributed by atoms with E-state index in [1.165, 1.54) is 12.1 Å². The van der Waals surface area contributed by atoms with Gasteiger partial charge in [0.1, 0.15) is 0 Å². The van der Waals surface area contributed by atoms with E-state index in [4.69, 9.17) is 0 Å². The van der Waals surface area contributed by atoms with Crippen molar-refractivity contribution in [2.45, 2.75) is 25.7 Å². The standard InChI is InChI=1S/C17H19F2N/c1-2-8-14-9-6-7-12-16(14)20-13-17(18,19)15-10-4-3-5-11-15/h3-7,9-12,20H,2,8,13H2,1H3. The summed E-state index contributed by atoms with van der Waals surface area (Å²) in [7, 11) is 0. The summed E-state index contributed by atoms with van der Waals surface area (Å²) in [6.45, 7) is 1.69. The van der Waals surface area contributed by atoms with E-state index in [1.54, 1.807) is 18.2 Å². The zero-order valence-corrected chi connectivity index (χ0v) is 11.6. The maximum atomic E-state index is 14.1. The lowest BCUT2D eigenvalue weighted by molar-refractivity contribution is 0.0106. The van der Waals surface area contributed by atoms with Crippen LogP contribution in [0.3, 0.4) is 0 Å². The van der Waals surface area contributed by atoms with E-state index in [9.17, 15) is 8.78 Å². The van der Waals surface area contributed by atoms with Crippen LogP contribution in [-0.4, -0.2) is 6.54 Å². The van der Waals surface area contributed by atoms with E-state index in [0.29, 0.717) is 0 Å². The van der Waals surface area contributed by atoms with Crippen molar-refractivity contribution in [3.05, 3.63) is 65.7 Å². The first-order valence-corrected chi connectivity index (χ1v) is 6.88. The van der Waals surface area contributed by atoms with Gasteiger partial charge in [-0.25, -0.2) is 0 Å². The molecular weight excluding hydrogens is 256 g/mol. The fourth-order valence-corrected chi connectivity index (χ4v) is 2.17. The zero-order valence-electron chi connectivity index (χ0n) is 11.6. The summed E-state index contributed by atoms with van der Waals surface area (Å²) in [6.07, 6.45) is 1.88. The lowest BCUT2D eigenvalue weighted by atomic mass is 10.1. The van der Waals surface area contributed by atoms with Crippen LogP contribution in [0.25, 0.3) is 0 Å². The molecule has 0 amide bonds. The Morgan fingerprint density at radius 3 is 2.30 bits per heavy atom. The monoisotopic (exact) mass is 275 g/mol. The first kappa shape index (κ1) is 14.5. The van der Waals surface area contributed by atoms with Gasteiger partial charge in [-0.1, -0.05) is 61.9 Å². The summed E-state index contributed by atoms with van der Waals surface area (Å²) in [4.78, 5) is 0. The molecule has 0 aliphatic rings. The van der Waals surface area contributed by atoms with Gasteiger partial charge in [0.25, 0.3) is 5.92 Å². The smallest absolute Gasteiger partial charge is 0.290 e. The number of alkyl halides is 2. The van der Waals surface area contributed by atoms with Crippen molar-refractivity contribution in [2.24, 2.45) is 0 Å².